The fraction of sp³-hybridized carbons (Fsp3) is 0.375. The van der Waals surface area contributed by atoms with Crippen LogP contribution in [0.5, 0.6) is 0 Å². The van der Waals surface area contributed by atoms with Gasteiger partial charge < -0.3 is 9.88 Å². The van der Waals surface area contributed by atoms with Crippen molar-refractivity contribution >= 4 is 5.91 Å². The summed E-state index contributed by atoms with van der Waals surface area (Å²) >= 11 is 0. The van der Waals surface area contributed by atoms with E-state index >= 15 is 0 Å². The van der Waals surface area contributed by atoms with Crippen LogP contribution in [0.1, 0.15) is 42.6 Å². The summed E-state index contributed by atoms with van der Waals surface area (Å²) in [5.41, 5.74) is 1.86. The third-order valence-corrected chi connectivity index (χ3v) is 3.24. The van der Waals surface area contributed by atoms with Gasteiger partial charge in [-0.05, 0) is 31.0 Å². The molecule has 2 rings (SSSR count). The number of hydrogen-bond acceptors (Lipinski definition) is 2. The number of hydrogen-bond donors (Lipinski definition) is 1. The Morgan fingerprint density at radius 1 is 1.35 bits per heavy atom. The SMILES string of the molecule is CCC[C@@H](C)NC(=O)c1ccc(Cn2ccnc2)cc1. The van der Waals surface area contributed by atoms with Gasteiger partial charge in [-0.15, -0.1) is 0 Å². The number of aromatic nitrogens is 2. The van der Waals surface area contributed by atoms with Crippen LogP contribution in [0.2, 0.25) is 0 Å². The lowest BCUT2D eigenvalue weighted by Gasteiger charge is -2.13. The maximum absolute atomic E-state index is 12.0. The molecule has 0 aliphatic carbocycles. The van der Waals surface area contributed by atoms with Crippen LogP contribution in [-0.4, -0.2) is 21.5 Å². The molecule has 0 radical (unpaired) electrons. The molecule has 0 aliphatic heterocycles. The lowest BCUT2D eigenvalue weighted by molar-refractivity contribution is 0.0938. The van der Waals surface area contributed by atoms with Gasteiger partial charge in [-0.3, -0.25) is 4.79 Å². The molecule has 1 aromatic heterocycles. The Morgan fingerprint density at radius 2 is 2.10 bits per heavy atom. The minimum Gasteiger partial charge on any atom is -0.350 e. The highest BCUT2D eigenvalue weighted by atomic mass is 16.1. The van der Waals surface area contributed by atoms with E-state index in [-0.39, 0.29) is 11.9 Å². The number of amides is 1. The number of rotatable bonds is 6. The topological polar surface area (TPSA) is 46.9 Å². The first-order chi connectivity index (χ1) is 9.69. The summed E-state index contributed by atoms with van der Waals surface area (Å²) in [7, 11) is 0. The van der Waals surface area contributed by atoms with Gasteiger partial charge >= 0.3 is 0 Å². The number of nitrogens with zero attached hydrogens (tertiary/aromatic N) is 2. The predicted molar refractivity (Wildman–Crippen MR) is 79.6 cm³/mol. The molecule has 4 heteroatoms. The van der Waals surface area contributed by atoms with E-state index in [4.69, 9.17) is 0 Å². The highest BCUT2D eigenvalue weighted by molar-refractivity contribution is 5.94. The molecule has 1 atom stereocenters. The van der Waals surface area contributed by atoms with Gasteiger partial charge in [-0.2, -0.15) is 0 Å². The molecule has 1 aromatic carbocycles. The molecule has 0 fully saturated rings. The van der Waals surface area contributed by atoms with Gasteiger partial charge in [0.1, 0.15) is 0 Å². The molecular formula is C16H21N3O. The van der Waals surface area contributed by atoms with Crippen LogP contribution >= 0.6 is 0 Å². The summed E-state index contributed by atoms with van der Waals surface area (Å²) in [6, 6.07) is 7.94. The maximum Gasteiger partial charge on any atom is 0.251 e. The number of benzene rings is 1. The quantitative estimate of drug-likeness (QED) is 0.878. The van der Waals surface area contributed by atoms with Gasteiger partial charge in [0.25, 0.3) is 5.91 Å². The van der Waals surface area contributed by atoms with Crippen molar-refractivity contribution in [2.45, 2.75) is 39.3 Å². The molecule has 2 aromatic rings. The molecule has 0 spiro atoms. The first-order valence-electron chi connectivity index (χ1n) is 7.04. The van der Waals surface area contributed by atoms with Crippen molar-refractivity contribution < 1.29 is 4.79 Å². The Hall–Kier alpha value is -2.10. The molecule has 0 unspecified atom stereocenters. The van der Waals surface area contributed by atoms with E-state index in [0.29, 0.717) is 5.56 Å². The monoisotopic (exact) mass is 271 g/mol. The molecule has 1 amide bonds. The second-order valence-electron chi connectivity index (χ2n) is 5.10. The zero-order chi connectivity index (χ0) is 14.4. The predicted octanol–water partition coefficient (Wildman–Crippen LogP) is 2.85. The first kappa shape index (κ1) is 14.3. The Balaban J connectivity index is 1.95. The third-order valence-electron chi connectivity index (χ3n) is 3.24. The van der Waals surface area contributed by atoms with Gasteiger partial charge in [-0.25, -0.2) is 4.98 Å². The van der Waals surface area contributed by atoms with E-state index in [1.165, 1.54) is 0 Å². The molecular weight excluding hydrogens is 250 g/mol. The number of carbonyl (C=O) groups is 1. The second-order valence-corrected chi connectivity index (χ2v) is 5.10. The van der Waals surface area contributed by atoms with Crippen LogP contribution in [0.15, 0.2) is 43.0 Å². The molecule has 20 heavy (non-hydrogen) atoms. The van der Waals surface area contributed by atoms with Crippen LogP contribution in [0.4, 0.5) is 0 Å². The van der Waals surface area contributed by atoms with Gasteiger partial charge in [0.05, 0.1) is 6.33 Å². The lowest BCUT2D eigenvalue weighted by Crippen LogP contribution is -2.32. The van der Waals surface area contributed by atoms with E-state index < -0.39 is 0 Å². The normalized spacial score (nSPS) is 12.1. The molecule has 4 nitrogen and oxygen atoms in total. The fourth-order valence-corrected chi connectivity index (χ4v) is 2.16. The average Bonchev–Trinajstić information content (AvgIpc) is 2.92. The van der Waals surface area contributed by atoms with Crippen molar-refractivity contribution in [3.63, 3.8) is 0 Å². The van der Waals surface area contributed by atoms with Crippen LogP contribution in [-0.2, 0) is 6.54 Å². The van der Waals surface area contributed by atoms with E-state index in [1.807, 2.05) is 42.0 Å². The van der Waals surface area contributed by atoms with E-state index in [1.54, 1.807) is 12.5 Å². The van der Waals surface area contributed by atoms with E-state index in [0.717, 1.165) is 24.9 Å². The van der Waals surface area contributed by atoms with Gasteiger partial charge in [-0.1, -0.05) is 25.5 Å². The first-order valence-corrected chi connectivity index (χ1v) is 7.04. The Bertz CT molecular complexity index is 531. The molecule has 106 valence electrons. The van der Waals surface area contributed by atoms with Crippen LogP contribution in [0.25, 0.3) is 0 Å². The van der Waals surface area contributed by atoms with Crippen molar-refractivity contribution in [3.05, 3.63) is 54.1 Å². The van der Waals surface area contributed by atoms with Crippen molar-refractivity contribution in [1.82, 2.24) is 14.9 Å². The molecule has 0 saturated heterocycles. The van der Waals surface area contributed by atoms with E-state index in [2.05, 4.69) is 17.2 Å². The second kappa shape index (κ2) is 6.89. The molecule has 0 saturated carbocycles. The molecule has 1 heterocycles. The van der Waals surface area contributed by atoms with Crippen molar-refractivity contribution in [3.8, 4) is 0 Å². The van der Waals surface area contributed by atoms with Gasteiger partial charge in [0, 0.05) is 30.5 Å². The summed E-state index contributed by atoms with van der Waals surface area (Å²) in [4.78, 5) is 16.0. The number of imidazole rings is 1. The van der Waals surface area contributed by atoms with Gasteiger partial charge in [0.2, 0.25) is 0 Å². The molecule has 0 bridgehead atoms. The standard InChI is InChI=1S/C16H21N3O/c1-3-4-13(2)18-16(20)15-7-5-14(6-8-15)11-19-10-9-17-12-19/h5-10,12-13H,3-4,11H2,1-2H3,(H,18,20)/t13-/m1/s1. The highest BCUT2D eigenvalue weighted by Crippen LogP contribution is 2.07. The van der Waals surface area contributed by atoms with Crippen molar-refractivity contribution in [2.75, 3.05) is 0 Å². The summed E-state index contributed by atoms with van der Waals surface area (Å²) in [5, 5.41) is 3.01. The Kier molecular flexibility index (Phi) is 4.93. The summed E-state index contributed by atoms with van der Waals surface area (Å²) in [5.74, 6) is 0.000121. The molecule has 0 aliphatic rings. The van der Waals surface area contributed by atoms with E-state index in [9.17, 15) is 4.79 Å². The van der Waals surface area contributed by atoms with Crippen molar-refractivity contribution in [2.24, 2.45) is 0 Å². The zero-order valence-corrected chi connectivity index (χ0v) is 12.0. The lowest BCUT2D eigenvalue weighted by atomic mass is 10.1. The Labute approximate surface area is 119 Å². The summed E-state index contributed by atoms with van der Waals surface area (Å²) < 4.78 is 2.00. The Morgan fingerprint density at radius 3 is 2.70 bits per heavy atom. The molecule has 1 N–H and O–H groups in total. The van der Waals surface area contributed by atoms with Gasteiger partial charge in [0.15, 0.2) is 0 Å². The smallest absolute Gasteiger partial charge is 0.251 e. The minimum absolute atomic E-state index is 0.000121. The number of nitrogens with one attached hydrogen (secondary N) is 1. The van der Waals surface area contributed by atoms with Crippen LogP contribution in [0, 0.1) is 0 Å². The summed E-state index contributed by atoms with van der Waals surface area (Å²) in [6.45, 7) is 4.93. The highest BCUT2D eigenvalue weighted by Gasteiger charge is 2.08. The average molecular weight is 271 g/mol. The largest absolute Gasteiger partial charge is 0.350 e. The fourth-order valence-electron chi connectivity index (χ4n) is 2.16. The number of carbonyl (C=O) groups excluding carboxylic acids is 1. The zero-order valence-electron chi connectivity index (χ0n) is 12.0. The maximum atomic E-state index is 12.0. The third kappa shape index (κ3) is 3.95. The van der Waals surface area contributed by atoms with Crippen LogP contribution in [0.3, 0.4) is 0 Å². The van der Waals surface area contributed by atoms with Crippen molar-refractivity contribution in [1.29, 1.82) is 0 Å². The van der Waals surface area contributed by atoms with Crippen LogP contribution < -0.4 is 5.32 Å². The minimum atomic E-state index is 0.000121. The summed E-state index contributed by atoms with van der Waals surface area (Å²) in [6.07, 6.45) is 7.55.